The molecule has 0 saturated heterocycles. The van der Waals surface area contributed by atoms with Gasteiger partial charge in [-0.2, -0.15) is 0 Å². The van der Waals surface area contributed by atoms with Crippen LogP contribution in [-0.4, -0.2) is 0 Å². The third-order valence-corrected chi connectivity index (χ3v) is 11.0. The van der Waals surface area contributed by atoms with Gasteiger partial charge in [0.2, 0.25) is 0 Å². The smallest absolute Gasteiger partial charge is 0.0540 e. The van der Waals surface area contributed by atoms with Crippen molar-refractivity contribution < 1.29 is 0 Å². The van der Waals surface area contributed by atoms with E-state index in [1.807, 2.05) is 0 Å². The Morgan fingerprint density at radius 3 is 1.56 bits per heavy atom. The Kier molecular flexibility index (Phi) is 6.29. The molecule has 0 aliphatic heterocycles. The van der Waals surface area contributed by atoms with Crippen molar-refractivity contribution in [1.29, 1.82) is 0 Å². The first-order valence-electron chi connectivity index (χ1n) is 17.5. The Morgan fingerprint density at radius 1 is 0.360 bits per heavy atom. The van der Waals surface area contributed by atoms with E-state index in [-0.39, 0.29) is 5.41 Å². The molecule has 9 aromatic carbocycles. The van der Waals surface area contributed by atoms with Gasteiger partial charge < -0.3 is 4.90 Å². The molecule has 0 heterocycles. The van der Waals surface area contributed by atoms with E-state index >= 15 is 0 Å². The Labute approximate surface area is 292 Å². The number of nitrogens with zero attached hydrogens (tertiary/aromatic N) is 1. The number of benzene rings is 9. The molecule has 1 aliphatic carbocycles. The topological polar surface area (TPSA) is 3.24 Å². The summed E-state index contributed by atoms with van der Waals surface area (Å²) in [5.41, 5.74) is 11.3. The summed E-state index contributed by atoms with van der Waals surface area (Å²) in [7, 11) is 0. The van der Waals surface area contributed by atoms with Gasteiger partial charge >= 0.3 is 0 Å². The molecule has 0 bridgehead atoms. The van der Waals surface area contributed by atoms with Crippen molar-refractivity contribution in [3.8, 4) is 22.3 Å². The van der Waals surface area contributed by atoms with Gasteiger partial charge in [-0.25, -0.2) is 0 Å². The summed E-state index contributed by atoms with van der Waals surface area (Å²) in [6.45, 7) is 4.78. The van der Waals surface area contributed by atoms with Crippen molar-refractivity contribution in [1.82, 2.24) is 0 Å². The van der Waals surface area contributed by atoms with Gasteiger partial charge in [0.15, 0.2) is 0 Å². The van der Waals surface area contributed by atoms with Gasteiger partial charge in [-0.15, -0.1) is 0 Å². The molecule has 0 aromatic heterocycles. The second-order valence-electron chi connectivity index (χ2n) is 14.2. The minimum atomic E-state index is -0.183. The molecule has 1 heteroatoms. The van der Waals surface area contributed by atoms with E-state index in [0.29, 0.717) is 0 Å². The molecular weight excluding hydrogens is 603 g/mol. The summed E-state index contributed by atoms with van der Waals surface area (Å²) in [6.07, 6.45) is 0. The van der Waals surface area contributed by atoms with E-state index in [2.05, 4.69) is 195 Å². The fourth-order valence-corrected chi connectivity index (χ4v) is 8.47. The number of hydrogen-bond acceptors (Lipinski definition) is 1. The average Bonchev–Trinajstić information content (AvgIpc) is 3.39. The summed E-state index contributed by atoms with van der Waals surface area (Å²) in [5, 5.41) is 10.1. The standard InChI is InChI=1S/C49H35N/c1-49(2)45-30-37(39-21-9-18-36-28-34-14-3-4-15-35(34)29-44(36)39)24-26-42(45)43-27-25-38(31-46(43)49)50(47-22-10-16-32-12-5-7-19-40(32)47)48-23-11-17-33-13-6-8-20-41(33)48/h3-31H,1-2H3. The third-order valence-electron chi connectivity index (χ3n) is 11.0. The van der Waals surface area contributed by atoms with Crippen molar-refractivity contribution in [2.75, 3.05) is 4.90 Å². The predicted molar refractivity (Wildman–Crippen MR) is 214 cm³/mol. The van der Waals surface area contributed by atoms with Crippen LogP contribution in [0.2, 0.25) is 0 Å². The van der Waals surface area contributed by atoms with Gasteiger partial charge in [-0.3, -0.25) is 0 Å². The zero-order valence-electron chi connectivity index (χ0n) is 28.2. The second-order valence-corrected chi connectivity index (χ2v) is 14.2. The van der Waals surface area contributed by atoms with E-state index in [4.69, 9.17) is 0 Å². The van der Waals surface area contributed by atoms with Gasteiger partial charge in [-0.05, 0) is 108 Å². The van der Waals surface area contributed by atoms with E-state index < -0.39 is 0 Å². The lowest BCUT2D eigenvalue weighted by atomic mass is 9.81. The van der Waals surface area contributed by atoms with Crippen molar-refractivity contribution in [2.24, 2.45) is 0 Å². The van der Waals surface area contributed by atoms with Crippen molar-refractivity contribution in [2.45, 2.75) is 19.3 Å². The van der Waals surface area contributed by atoms with E-state index in [1.54, 1.807) is 0 Å². The Balaban J connectivity index is 1.14. The summed E-state index contributed by atoms with van der Waals surface area (Å²) in [6, 6.07) is 65.0. The van der Waals surface area contributed by atoms with Crippen LogP contribution in [0.3, 0.4) is 0 Å². The lowest BCUT2D eigenvalue weighted by Gasteiger charge is -2.30. The van der Waals surface area contributed by atoms with Crippen molar-refractivity contribution in [3.63, 3.8) is 0 Å². The van der Waals surface area contributed by atoms with Crippen molar-refractivity contribution in [3.05, 3.63) is 187 Å². The number of hydrogen-bond donors (Lipinski definition) is 0. The number of fused-ring (bicyclic) bond motifs is 7. The molecule has 0 amide bonds. The first kappa shape index (κ1) is 28.8. The lowest BCUT2D eigenvalue weighted by Crippen LogP contribution is -2.17. The Hall–Kier alpha value is -6.18. The van der Waals surface area contributed by atoms with E-state index in [9.17, 15) is 0 Å². The van der Waals surface area contributed by atoms with Crippen LogP contribution in [0, 0.1) is 0 Å². The average molecular weight is 638 g/mol. The molecule has 0 atom stereocenters. The first-order chi connectivity index (χ1) is 24.5. The normalized spacial score (nSPS) is 13.2. The zero-order chi connectivity index (χ0) is 33.4. The van der Waals surface area contributed by atoms with Crippen LogP contribution in [0.5, 0.6) is 0 Å². The van der Waals surface area contributed by atoms with E-state index in [1.165, 1.54) is 93.5 Å². The van der Waals surface area contributed by atoms with Crippen LogP contribution in [0.15, 0.2) is 176 Å². The molecule has 50 heavy (non-hydrogen) atoms. The molecule has 1 aliphatic rings. The predicted octanol–water partition coefficient (Wildman–Crippen LogP) is 13.7. The number of anilines is 3. The Bertz CT molecular complexity index is 2710. The summed E-state index contributed by atoms with van der Waals surface area (Å²) < 4.78 is 0. The molecular formula is C49H35N. The Morgan fingerprint density at radius 2 is 0.880 bits per heavy atom. The maximum Gasteiger partial charge on any atom is 0.0540 e. The third kappa shape index (κ3) is 4.33. The van der Waals surface area contributed by atoms with Gasteiger partial charge in [0.25, 0.3) is 0 Å². The zero-order valence-corrected chi connectivity index (χ0v) is 28.2. The fourth-order valence-electron chi connectivity index (χ4n) is 8.47. The lowest BCUT2D eigenvalue weighted by molar-refractivity contribution is 0.660. The molecule has 0 radical (unpaired) electrons. The molecule has 0 unspecified atom stereocenters. The fraction of sp³-hybridized carbons (Fsp3) is 0.0612. The highest BCUT2D eigenvalue weighted by molar-refractivity contribution is 6.07. The van der Waals surface area contributed by atoms with Gasteiger partial charge in [-0.1, -0.05) is 147 Å². The van der Waals surface area contributed by atoms with Crippen LogP contribution < -0.4 is 4.90 Å². The van der Waals surface area contributed by atoms with E-state index in [0.717, 1.165) is 0 Å². The second kappa shape index (κ2) is 10.9. The molecule has 0 spiro atoms. The SMILES string of the molecule is CC1(C)c2cc(-c3cccc4cc5ccccc5cc34)ccc2-c2ccc(N(c3cccc4ccccc34)c3cccc4ccccc34)cc21. The van der Waals surface area contributed by atoms with Crippen LogP contribution >= 0.6 is 0 Å². The minimum absolute atomic E-state index is 0.183. The van der Waals surface area contributed by atoms with Crippen LogP contribution in [-0.2, 0) is 5.41 Å². The first-order valence-corrected chi connectivity index (χ1v) is 17.5. The molecule has 236 valence electrons. The molecule has 0 saturated carbocycles. The molecule has 1 nitrogen and oxygen atoms in total. The van der Waals surface area contributed by atoms with Gasteiger partial charge in [0, 0.05) is 21.9 Å². The van der Waals surface area contributed by atoms with Crippen LogP contribution in [0.4, 0.5) is 17.1 Å². The minimum Gasteiger partial charge on any atom is -0.309 e. The van der Waals surface area contributed by atoms with Crippen molar-refractivity contribution >= 4 is 60.2 Å². The molecule has 10 rings (SSSR count). The summed E-state index contributed by atoms with van der Waals surface area (Å²) in [5.74, 6) is 0. The molecule has 0 fully saturated rings. The highest BCUT2D eigenvalue weighted by Crippen LogP contribution is 2.52. The molecule has 0 N–H and O–H groups in total. The quantitative estimate of drug-likeness (QED) is 0.174. The largest absolute Gasteiger partial charge is 0.309 e. The highest BCUT2D eigenvalue weighted by atomic mass is 15.1. The van der Waals surface area contributed by atoms with Crippen LogP contribution in [0.1, 0.15) is 25.0 Å². The molecule has 9 aromatic rings. The summed E-state index contributed by atoms with van der Waals surface area (Å²) in [4.78, 5) is 2.47. The van der Waals surface area contributed by atoms with Gasteiger partial charge in [0.05, 0.1) is 11.4 Å². The maximum atomic E-state index is 2.47. The number of rotatable bonds is 4. The maximum absolute atomic E-state index is 2.47. The van der Waals surface area contributed by atoms with Gasteiger partial charge in [0.1, 0.15) is 0 Å². The monoisotopic (exact) mass is 637 g/mol. The van der Waals surface area contributed by atoms with Crippen LogP contribution in [0.25, 0.3) is 65.3 Å². The highest BCUT2D eigenvalue weighted by Gasteiger charge is 2.36. The summed E-state index contributed by atoms with van der Waals surface area (Å²) >= 11 is 0.